The van der Waals surface area contributed by atoms with Crippen molar-refractivity contribution in [1.82, 2.24) is 10.1 Å². The largest absolute Gasteiger partial charge is 0.379 e. The zero-order valence-electron chi connectivity index (χ0n) is 10.5. The minimum atomic E-state index is -0.728. The van der Waals surface area contributed by atoms with Gasteiger partial charge < -0.3 is 15.0 Å². The number of hydrogen-bond acceptors (Lipinski definition) is 5. The molecular formula is C13H14FN3O2. The summed E-state index contributed by atoms with van der Waals surface area (Å²) in [6.45, 7) is 2.63. The maximum absolute atomic E-state index is 13.5. The Morgan fingerprint density at radius 3 is 2.95 bits per heavy atom. The summed E-state index contributed by atoms with van der Waals surface area (Å²) in [5, 5.41) is 3.86. The van der Waals surface area contributed by atoms with Gasteiger partial charge in [-0.05, 0) is 25.0 Å². The van der Waals surface area contributed by atoms with E-state index in [0.29, 0.717) is 42.5 Å². The van der Waals surface area contributed by atoms with E-state index in [0.717, 1.165) is 0 Å². The first kappa shape index (κ1) is 12.3. The van der Waals surface area contributed by atoms with E-state index in [1.54, 1.807) is 19.1 Å². The SMILES string of the molecule is Cc1ccc(-c2noc(C3(N)CCOC3)n2)cc1F. The average Bonchev–Trinajstić information content (AvgIpc) is 3.02. The van der Waals surface area contributed by atoms with Gasteiger partial charge in [0, 0.05) is 12.2 Å². The van der Waals surface area contributed by atoms with E-state index in [9.17, 15) is 4.39 Å². The van der Waals surface area contributed by atoms with Crippen LogP contribution < -0.4 is 5.73 Å². The van der Waals surface area contributed by atoms with E-state index >= 15 is 0 Å². The van der Waals surface area contributed by atoms with Gasteiger partial charge >= 0.3 is 0 Å². The first-order valence-corrected chi connectivity index (χ1v) is 6.06. The van der Waals surface area contributed by atoms with Crippen LogP contribution in [0.5, 0.6) is 0 Å². The molecule has 0 saturated carbocycles. The van der Waals surface area contributed by atoms with E-state index in [1.807, 2.05) is 0 Å². The van der Waals surface area contributed by atoms with Crippen LogP contribution in [-0.4, -0.2) is 23.4 Å². The molecule has 1 saturated heterocycles. The molecule has 0 spiro atoms. The van der Waals surface area contributed by atoms with Gasteiger partial charge in [0.2, 0.25) is 11.7 Å². The minimum absolute atomic E-state index is 0.296. The Balaban J connectivity index is 1.94. The fourth-order valence-electron chi connectivity index (χ4n) is 2.02. The van der Waals surface area contributed by atoms with Gasteiger partial charge in [-0.1, -0.05) is 17.3 Å². The maximum atomic E-state index is 13.5. The van der Waals surface area contributed by atoms with Crippen molar-refractivity contribution >= 4 is 0 Å². The molecule has 1 aromatic heterocycles. The van der Waals surface area contributed by atoms with Gasteiger partial charge in [-0.3, -0.25) is 0 Å². The smallest absolute Gasteiger partial charge is 0.249 e. The molecule has 6 heteroatoms. The van der Waals surface area contributed by atoms with Gasteiger partial charge in [0.15, 0.2) is 0 Å². The molecule has 5 nitrogen and oxygen atoms in total. The summed E-state index contributed by atoms with van der Waals surface area (Å²) in [5.41, 5.74) is 6.55. The van der Waals surface area contributed by atoms with Crippen LogP contribution in [0.1, 0.15) is 17.9 Å². The standard InChI is InChI=1S/C13H14FN3O2/c1-8-2-3-9(6-10(8)14)11-16-12(19-17-11)13(15)4-5-18-7-13/h2-3,6H,4-5,7,15H2,1H3. The fourth-order valence-corrected chi connectivity index (χ4v) is 2.02. The molecular weight excluding hydrogens is 249 g/mol. The molecule has 1 aliphatic heterocycles. The quantitative estimate of drug-likeness (QED) is 0.893. The summed E-state index contributed by atoms with van der Waals surface area (Å²) in [4.78, 5) is 4.26. The molecule has 2 aromatic rings. The molecule has 1 aliphatic rings. The molecule has 0 radical (unpaired) electrons. The molecule has 1 aromatic carbocycles. The van der Waals surface area contributed by atoms with Crippen molar-refractivity contribution in [2.75, 3.05) is 13.2 Å². The topological polar surface area (TPSA) is 74.2 Å². The number of nitrogens with two attached hydrogens (primary N) is 1. The van der Waals surface area contributed by atoms with Gasteiger partial charge in [-0.15, -0.1) is 0 Å². The monoisotopic (exact) mass is 263 g/mol. The number of aromatic nitrogens is 2. The number of hydrogen-bond donors (Lipinski definition) is 1. The van der Waals surface area contributed by atoms with Gasteiger partial charge in [0.05, 0.1) is 6.61 Å². The van der Waals surface area contributed by atoms with E-state index in [4.69, 9.17) is 15.0 Å². The van der Waals surface area contributed by atoms with Crippen LogP contribution in [0.25, 0.3) is 11.4 Å². The Bertz CT molecular complexity index is 606. The van der Waals surface area contributed by atoms with Crippen LogP contribution in [-0.2, 0) is 10.3 Å². The molecule has 2 N–H and O–H groups in total. The summed E-state index contributed by atoms with van der Waals surface area (Å²) in [6.07, 6.45) is 0.636. The summed E-state index contributed by atoms with van der Waals surface area (Å²) in [7, 11) is 0. The Morgan fingerprint density at radius 1 is 1.42 bits per heavy atom. The van der Waals surface area contributed by atoms with E-state index in [-0.39, 0.29) is 5.82 Å². The van der Waals surface area contributed by atoms with Crippen LogP contribution in [0.15, 0.2) is 22.7 Å². The Labute approximate surface area is 109 Å². The molecule has 1 fully saturated rings. The Kier molecular flexibility index (Phi) is 2.83. The Morgan fingerprint density at radius 2 is 2.26 bits per heavy atom. The first-order chi connectivity index (χ1) is 9.08. The third-order valence-corrected chi connectivity index (χ3v) is 3.33. The lowest BCUT2D eigenvalue weighted by atomic mass is 10.0. The van der Waals surface area contributed by atoms with Crippen molar-refractivity contribution in [2.24, 2.45) is 5.73 Å². The van der Waals surface area contributed by atoms with E-state index in [2.05, 4.69) is 10.1 Å². The molecule has 3 rings (SSSR count). The van der Waals surface area contributed by atoms with Crippen molar-refractivity contribution in [3.63, 3.8) is 0 Å². The van der Waals surface area contributed by atoms with Gasteiger partial charge in [0.25, 0.3) is 0 Å². The van der Waals surface area contributed by atoms with Crippen molar-refractivity contribution in [2.45, 2.75) is 18.9 Å². The number of aryl methyl sites for hydroxylation is 1. The summed E-state index contributed by atoms with van der Waals surface area (Å²) >= 11 is 0. The fraction of sp³-hybridized carbons (Fsp3) is 0.385. The molecule has 19 heavy (non-hydrogen) atoms. The summed E-state index contributed by atoms with van der Waals surface area (Å²) < 4.78 is 24.0. The second-order valence-corrected chi connectivity index (χ2v) is 4.85. The number of benzene rings is 1. The molecule has 1 unspecified atom stereocenters. The minimum Gasteiger partial charge on any atom is -0.379 e. The molecule has 2 heterocycles. The van der Waals surface area contributed by atoms with E-state index in [1.165, 1.54) is 6.07 Å². The number of ether oxygens (including phenoxy) is 1. The van der Waals surface area contributed by atoms with Crippen LogP contribution in [0.4, 0.5) is 4.39 Å². The van der Waals surface area contributed by atoms with Crippen LogP contribution in [0, 0.1) is 12.7 Å². The van der Waals surface area contributed by atoms with Crippen LogP contribution in [0.2, 0.25) is 0 Å². The lowest BCUT2D eigenvalue weighted by Gasteiger charge is -2.14. The van der Waals surface area contributed by atoms with Crippen molar-refractivity contribution in [1.29, 1.82) is 0 Å². The zero-order chi connectivity index (χ0) is 13.5. The van der Waals surface area contributed by atoms with Crippen molar-refractivity contribution < 1.29 is 13.7 Å². The highest BCUT2D eigenvalue weighted by Crippen LogP contribution is 2.28. The summed E-state index contributed by atoms with van der Waals surface area (Å²) in [5.74, 6) is 0.377. The predicted octanol–water partition coefficient (Wildman–Crippen LogP) is 1.76. The average molecular weight is 263 g/mol. The second kappa shape index (κ2) is 4.40. The number of nitrogens with zero attached hydrogens (tertiary/aromatic N) is 2. The van der Waals surface area contributed by atoms with Crippen LogP contribution >= 0.6 is 0 Å². The van der Waals surface area contributed by atoms with Crippen molar-refractivity contribution in [3.05, 3.63) is 35.5 Å². The summed E-state index contributed by atoms with van der Waals surface area (Å²) in [6, 6.07) is 4.82. The highest BCUT2D eigenvalue weighted by molar-refractivity contribution is 5.55. The third kappa shape index (κ3) is 2.13. The van der Waals surface area contributed by atoms with Gasteiger partial charge in [0.1, 0.15) is 11.4 Å². The lowest BCUT2D eigenvalue weighted by molar-refractivity contribution is 0.166. The normalized spacial score (nSPS) is 22.9. The highest BCUT2D eigenvalue weighted by atomic mass is 19.1. The van der Waals surface area contributed by atoms with E-state index < -0.39 is 5.54 Å². The van der Waals surface area contributed by atoms with Crippen molar-refractivity contribution in [3.8, 4) is 11.4 Å². The molecule has 100 valence electrons. The first-order valence-electron chi connectivity index (χ1n) is 6.06. The maximum Gasteiger partial charge on any atom is 0.249 e. The zero-order valence-corrected chi connectivity index (χ0v) is 10.5. The molecule has 1 atom stereocenters. The molecule has 0 amide bonds. The molecule has 0 aliphatic carbocycles. The third-order valence-electron chi connectivity index (χ3n) is 3.33. The number of halogens is 1. The van der Waals surface area contributed by atoms with Gasteiger partial charge in [-0.25, -0.2) is 4.39 Å². The van der Waals surface area contributed by atoms with Crippen LogP contribution in [0.3, 0.4) is 0 Å². The Hall–Kier alpha value is -1.79. The highest BCUT2D eigenvalue weighted by Gasteiger charge is 2.38. The predicted molar refractivity (Wildman–Crippen MR) is 65.7 cm³/mol. The molecule has 0 bridgehead atoms. The second-order valence-electron chi connectivity index (χ2n) is 4.85. The van der Waals surface area contributed by atoms with Gasteiger partial charge in [-0.2, -0.15) is 4.98 Å². The number of rotatable bonds is 2. The lowest BCUT2D eigenvalue weighted by Crippen LogP contribution is -2.37.